The number of epoxide rings is 1. The van der Waals surface area contributed by atoms with E-state index in [4.69, 9.17) is 4.74 Å². The summed E-state index contributed by atoms with van der Waals surface area (Å²) in [5, 5.41) is 0. The second-order valence-corrected chi connectivity index (χ2v) is 6.33. The Labute approximate surface area is 117 Å². The molecule has 1 aromatic rings. The van der Waals surface area contributed by atoms with Gasteiger partial charge in [-0.25, -0.2) is 0 Å². The maximum absolute atomic E-state index is 5.61. The Hall–Kier alpha value is -1.08. The normalized spacial score (nSPS) is 21.5. The molecule has 1 fully saturated rings. The fourth-order valence-corrected chi connectivity index (χ4v) is 2.55. The van der Waals surface area contributed by atoms with E-state index in [-0.39, 0.29) is 5.60 Å². The Morgan fingerprint density at radius 2 is 2.11 bits per heavy atom. The second kappa shape index (κ2) is 5.92. The molecule has 0 N–H and O–H groups in total. The minimum atomic E-state index is 0.141. The maximum Gasteiger partial charge on any atom is 0.0892 e. The lowest BCUT2D eigenvalue weighted by molar-refractivity contribution is 0.320. The molecule has 0 spiro atoms. The van der Waals surface area contributed by atoms with Crippen molar-refractivity contribution >= 4 is 0 Å². The van der Waals surface area contributed by atoms with E-state index in [9.17, 15) is 0 Å². The largest absolute Gasteiger partial charge is 0.367 e. The Morgan fingerprint density at radius 3 is 2.74 bits per heavy atom. The van der Waals surface area contributed by atoms with Gasteiger partial charge in [0.25, 0.3) is 0 Å². The lowest BCUT2D eigenvalue weighted by Crippen LogP contribution is -2.02. The van der Waals surface area contributed by atoms with Crippen LogP contribution in [0.2, 0.25) is 0 Å². The van der Waals surface area contributed by atoms with Crippen LogP contribution < -0.4 is 0 Å². The molecule has 0 amide bonds. The van der Waals surface area contributed by atoms with Crippen molar-refractivity contribution in [2.45, 2.75) is 65.1 Å². The number of rotatable bonds is 6. The van der Waals surface area contributed by atoms with Gasteiger partial charge in [0.15, 0.2) is 0 Å². The van der Waals surface area contributed by atoms with Crippen LogP contribution in [-0.4, -0.2) is 11.7 Å². The molecule has 1 saturated heterocycles. The summed E-state index contributed by atoms with van der Waals surface area (Å²) in [6, 6.07) is 8.80. The summed E-state index contributed by atoms with van der Waals surface area (Å²) < 4.78 is 5.61. The molecular weight excluding hydrogens is 232 g/mol. The smallest absolute Gasteiger partial charge is 0.0892 e. The summed E-state index contributed by atoms with van der Waals surface area (Å²) in [7, 11) is 0. The van der Waals surface area contributed by atoms with E-state index in [0.29, 0.717) is 6.10 Å². The third kappa shape index (κ3) is 4.50. The highest BCUT2D eigenvalue weighted by molar-refractivity contribution is 5.22. The van der Waals surface area contributed by atoms with Crippen molar-refractivity contribution in [3.05, 3.63) is 47.0 Å². The van der Waals surface area contributed by atoms with Crippen LogP contribution in [0.25, 0.3) is 0 Å². The molecule has 0 bridgehead atoms. The van der Waals surface area contributed by atoms with Crippen LogP contribution >= 0.6 is 0 Å². The van der Waals surface area contributed by atoms with Crippen molar-refractivity contribution in [1.82, 2.24) is 0 Å². The van der Waals surface area contributed by atoms with Gasteiger partial charge in [-0.1, -0.05) is 41.5 Å². The Morgan fingerprint density at radius 1 is 1.37 bits per heavy atom. The second-order valence-electron chi connectivity index (χ2n) is 6.33. The highest BCUT2D eigenvalue weighted by Crippen LogP contribution is 2.38. The summed E-state index contributed by atoms with van der Waals surface area (Å²) in [5.74, 6) is 0. The van der Waals surface area contributed by atoms with Crippen LogP contribution in [0, 0.1) is 6.92 Å². The lowest BCUT2D eigenvalue weighted by atomic mass is 10.0. The van der Waals surface area contributed by atoms with Gasteiger partial charge in [0.05, 0.1) is 11.7 Å². The first-order chi connectivity index (χ1) is 8.97. The van der Waals surface area contributed by atoms with Crippen molar-refractivity contribution < 1.29 is 4.74 Å². The number of ether oxygens (including phenoxy) is 1. The molecule has 1 aliphatic rings. The Balaban J connectivity index is 1.70. The van der Waals surface area contributed by atoms with E-state index >= 15 is 0 Å². The Bertz CT molecular complexity index is 457. The van der Waals surface area contributed by atoms with Crippen LogP contribution in [0.4, 0.5) is 0 Å². The first kappa shape index (κ1) is 14.3. The molecule has 0 radical (unpaired) electrons. The summed E-state index contributed by atoms with van der Waals surface area (Å²) in [5.41, 5.74) is 4.43. The summed E-state index contributed by atoms with van der Waals surface area (Å²) >= 11 is 0. The highest BCUT2D eigenvalue weighted by atomic mass is 16.6. The van der Waals surface area contributed by atoms with Crippen LogP contribution in [0.15, 0.2) is 35.9 Å². The van der Waals surface area contributed by atoms with Gasteiger partial charge in [0.1, 0.15) is 0 Å². The molecule has 19 heavy (non-hydrogen) atoms. The van der Waals surface area contributed by atoms with Crippen molar-refractivity contribution in [2.24, 2.45) is 0 Å². The highest BCUT2D eigenvalue weighted by Gasteiger charge is 2.46. The molecule has 1 aliphatic heterocycles. The predicted molar refractivity (Wildman–Crippen MR) is 81.4 cm³/mol. The lowest BCUT2D eigenvalue weighted by Gasteiger charge is -2.02. The quantitative estimate of drug-likeness (QED) is 0.526. The van der Waals surface area contributed by atoms with Crippen molar-refractivity contribution in [2.75, 3.05) is 0 Å². The zero-order valence-electron chi connectivity index (χ0n) is 12.7. The minimum absolute atomic E-state index is 0.141. The molecule has 0 aromatic heterocycles. The third-order valence-corrected chi connectivity index (χ3v) is 3.97. The third-order valence-electron chi connectivity index (χ3n) is 3.97. The SMILES string of the molecule is C/C(=C\CCc1cccc(C)c1)CC[C@@H]1OC1(C)C. The van der Waals surface area contributed by atoms with Crippen LogP contribution in [0.3, 0.4) is 0 Å². The van der Waals surface area contributed by atoms with E-state index < -0.39 is 0 Å². The van der Waals surface area contributed by atoms with Crippen LogP contribution in [-0.2, 0) is 11.2 Å². The van der Waals surface area contributed by atoms with Crippen molar-refractivity contribution in [3.63, 3.8) is 0 Å². The van der Waals surface area contributed by atoms with Crippen molar-refractivity contribution in [3.8, 4) is 0 Å². The van der Waals surface area contributed by atoms with E-state index in [0.717, 1.165) is 12.8 Å². The van der Waals surface area contributed by atoms with Gasteiger partial charge in [-0.05, 0) is 58.9 Å². The zero-order chi connectivity index (χ0) is 13.9. The molecule has 0 unspecified atom stereocenters. The standard InChI is InChI=1S/C18H26O/c1-14(11-12-17-18(3,4)19-17)7-5-9-16-10-6-8-15(2)13-16/h6-8,10,13,17H,5,9,11-12H2,1-4H3/b14-7+/t17-/m0/s1. The first-order valence-electron chi connectivity index (χ1n) is 7.36. The van der Waals surface area contributed by atoms with Gasteiger partial charge < -0.3 is 4.74 Å². The topological polar surface area (TPSA) is 12.5 Å². The molecule has 104 valence electrons. The fourth-order valence-electron chi connectivity index (χ4n) is 2.55. The van der Waals surface area contributed by atoms with E-state index in [2.05, 4.69) is 58.0 Å². The fraction of sp³-hybridized carbons (Fsp3) is 0.556. The summed E-state index contributed by atoms with van der Waals surface area (Å²) in [4.78, 5) is 0. The van der Waals surface area contributed by atoms with Gasteiger partial charge >= 0.3 is 0 Å². The average molecular weight is 258 g/mol. The molecule has 1 atom stereocenters. The van der Waals surface area contributed by atoms with E-state index in [1.165, 1.54) is 29.5 Å². The molecule has 1 aromatic carbocycles. The molecule has 0 saturated carbocycles. The molecule has 2 rings (SSSR count). The van der Waals surface area contributed by atoms with E-state index in [1.807, 2.05) is 0 Å². The summed E-state index contributed by atoms with van der Waals surface area (Å²) in [6.07, 6.45) is 7.49. The summed E-state index contributed by atoms with van der Waals surface area (Å²) in [6.45, 7) is 8.75. The number of hydrogen-bond donors (Lipinski definition) is 0. The average Bonchev–Trinajstić information content (AvgIpc) is 2.95. The number of benzene rings is 1. The Kier molecular flexibility index (Phi) is 4.46. The molecule has 1 heterocycles. The van der Waals surface area contributed by atoms with E-state index in [1.54, 1.807) is 0 Å². The van der Waals surface area contributed by atoms with Gasteiger partial charge in [0.2, 0.25) is 0 Å². The minimum Gasteiger partial charge on any atom is -0.367 e. The monoisotopic (exact) mass is 258 g/mol. The zero-order valence-corrected chi connectivity index (χ0v) is 12.7. The van der Waals surface area contributed by atoms with Gasteiger partial charge in [-0.15, -0.1) is 0 Å². The number of allylic oxidation sites excluding steroid dienone is 2. The molecule has 0 aliphatic carbocycles. The molecular formula is C18H26O. The van der Waals surface area contributed by atoms with Gasteiger partial charge in [-0.3, -0.25) is 0 Å². The van der Waals surface area contributed by atoms with Gasteiger partial charge in [0, 0.05) is 0 Å². The van der Waals surface area contributed by atoms with Crippen molar-refractivity contribution in [1.29, 1.82) is 0 Å². The number of aryl methyl sites for hydroxylation is 2. The molecule has 1 heteroatoms. The first-order valence-corrected chi connectivity index (χ1v) is 7.36. The van der Waals surface area contributed by atoms with Gasteiger partial charge in [-0.2, -0.15) is 0 Å². The maximum atomic E-state index is 5.61. The van der Waals surface area contributed by atoms with Crippen LogP contribution in [0.1, 0.15) is 51.2 Å². The number of hydrogen-bond acceptors (Lipinski definition) is 1. The van der Waals surface area contributed by atoms with Crippen LogP contribution in [0.5, 0.6) is 0 Å². The predicted octanol–water partition coefficient (Wildman–Crippen LogP) is 4.83. The molecule has 1 nitrogen and oxygen atoms in total.